The Hall–Kier alpha value is -2.04. The second-order valence-corrected chi connectivity index (χ2v) is 10.2. The molecule has 1 unspecified atom stereocenters. The highest BCUT2D eigenvalue weighted by atomic mass is 16.2. The van der Waals surface area contributed by atoms with Crippen molar-refractivity contribution >= 4 is 17.5 Å². The Morgan fingerprint density at radius 1 is 1.09 bits per heavy atom. The molecule has 1 saturated heterocycles. The average Bonchev–Trinajstić information content (AvgIpc) is 2.76. The maximum atomic E-state index is 13.7. The van der Waals surface area contributed by atoms with E-state index < -0.39 is 0 Å². The molecule has 0 radical (unpaired) electrons. The molecule has 3 atom stereocenters. The van der Waals surface area contributed by atoms with Crippen LogP contribution in [-0.2, 0) is 9.59 Å². The second-order valence-electron chi connectivity index (χ2n) is 10.2. The van der Waals surface area contributed by atoms with Crippen molar-refractivity contribution in [3.8, 4) is 0 Å². The quantitative estimate of drug-likeness (QED) is 0.444. The van der Waals surface area contributed by atoms with E-state index in [0.717, 1.165) is 57.3 Å². The van der Waals surface area contributed by atoms with Crippen LogP contribution in [0.5, 0.6) is 0 Å². The first-order valence-corrected chi connectivity index (χ1v) is 12.7. The van der Waals surface area contributed by atoms with Crippen molar-refractivity contribution < 1.29 is 9.59 Å². The Labute approximate surface area is 195 Å². The molecule has 3 N–H and O–H groups in total. The first-order chi connectivity index (χ1) is 15.2. The van der Waals surface area contributed by atoms with Crippen LogP contribution >= 0.6 is 0 Å². The molecule has 180 valence electrons. The minimum absolute atomic E-state index is 0.141. The summed E-state index contributed by atoms with van der Waals surface area (Å²) in [7, 11) is 0. The van der Waals surface area contributed by atoms with Gasteiger partial charge in [0, 0.05) is 36.7 Å². The Kier molecular flexibility index (Phi) is 10.5. The zero-order valence-corrected chi connectivity index (χ0v) is 20.9. The number of anilines is 1. The van der Waals surface area contributed by atoms with Crippen molar-refractivity contribution in [3.63, 3.8) is 0 Å². The molecule has 1 fully saturated rings. The van der Waals surface area contributed by atoms with E-state index in [1.807, 2.05) is 0 Å². The maximum absolute atomic E-state index is 13.7. The summed E-state index contributed by atoms with van der Waals surface area (Å²) in [5, 5.41) is 3.53. The van der Waals surface area contributed by atoms with Gasteiger partial charge in [0.2, 0.25) is 11.8 Å². The topological polar surface area (TPSA) is 75.4 Å². The molecular weight excluding hydrogens is 398 g/mol. The normalized spacial score (nSPS) is 18.6. The van der Waals surface area contributed by atoms with E-state index in [-0.39, 0.29) is 29.7 Å². The van der Waals surface area contributed by atoms with E-state index in [9.17, 15) is 9.59 Å². The van der Waals surface area contributed by atoms with E-state index in [1.54, 1.807) is 0 Å². The number of hydrogen-bond acceptors (Lipinski definition) is 3. The summed E-state index contributed by atoms with van der Waals surface area (Å²) in [4.78, 5) is 28.0. The Balaban J connectivity index is 2.05. The number of rotatable bonds is 12. The first kappa shape index (κ1) is 26.2. The van der Waals surface area contributed by atoms with E-state index in [4.69, 9.17) is 5.73 Å². The second kappa shape index (κ2) is 12.9. The molecule has 1 heterocycles. The van der Waals surface area contributed by atoms with Crippen LogP contribution in [0.1, 0.15) is 91.0 Å². The number of carbonyl (C=O) groups is 2. The number of primary amides is 1. The lowest BCUT2D eigenvalue weighted by molar-refractivity contribution is -0.145. The number of carbonyl (C=O) groups excluding carboxylic acids is 2. The third-order valence-corrected chi connectivity index (χ3v) is 6.79. The fourth-order valence-electron chi connectivity index (χ4n) is 4.97. The number of amides is 2. The predicted molar refractivity (Wildman–Crippen MR) is 134 cm³/mol. The van der Waals surface area contributed by atoms with Gasteiger partial charge in [-0.3, -0.25) is 9.59 Å². The Morgan fingerprint density at radius 2 is 1.78 bits per heavy atom. The molecule has 0 aromatic heterocycles. The molecule has 5 nitrogen and oxygen atoms in total. The van der Waals surface area contributed by atoms with Crippen molar-refractivity contribution in [1.82, 2.24) is 4.90 Å². The number of nitrogens with two attached hydrogens (primary N) is 1. The standard InChI is InChI=1S/C27H45N3O2/c1-6-9-24(26(28)31)25(18-19(2)3)27(32)30-17-8-7-10-23(30)15-16-29-22-13-11-21(12-14-22)20(4)5/h11-14,19-20,23-25,29H,6-10,15-18H2,1-5H3,(H2,28,31)/t23?,24-,25+/m0/s1. The summed E-state index contributed by atoms with van der Waals surface area (Å²) < 4.78 is 0. The first-order valence-electron chi connectivity index (χ1n) is 12.7. The smallest absolute Gasteiger partial charge is 0.226 e. The Morgan fingerprint density at radius 3 is 2.34 bits per heavy atom. The molecular formula is C27H45N3O2. The number of piperidine rings is 1. The van der Waals surface area contributed by atoms with Crippen LogP contribution in [0.2, 0.25) is 0 Å². The molecule has 0 bridgehead atoms. The van der Waals surface area contributed by atoms with E-state index in [1.165, 1.54) is 5.56 Å². The highest BCUT2D eigenvalue weighted by Gasteiger charge is 2.37. The van der Waals surface area contributed by atoms with Crippen LogP contribution in [0.3, 0.4) is 0 Å². The van der Waals surface area contributed by atoms with Crippen LogP contribution in [0.4, 0.5) is 5.69 Å². The van der Waals surface area contributed by atoms with Gasteiger partial charge in [-0.1, -0.05) is 53.2 Å². The van der Waals surface area contributed by atoms with Gasteiger partial charge in [0.05, 0.1) is 0 Å². The minimum Gasteiger partial charge on any atom is -0.385 e. The van der Waals surface area contributed by atoms with Gasteiger partial charge in [-0.25, -0.2) is 0 Å². The number of benzene rings is 1. The third kappa shape index (κ3) is 7.53. The van der Waals surface area contributed by atoms with Crippen LogP contribution in [0.15, 0.2) is 24.3 Å². The molecule has 1 aliphatic heterocycles. The maximum Gasteiger partial charge on any atom is 0.226 e. The number of nitrogens with one attached hydrogen (secondary N) is 1. The summed E-state index contributed by atoms with van der Waals surface area (Å²) in [6, 6.07) is 8.86. The molecule has 2 amide bonds. The van der Waals surface area contributed by atoms with Gasteiger partial charge < -0.3 is 16.0 Å². The summed E-state index contributed by atoms with van der Waals surface area (Å²) in [5.41, 5.74) is 8.22. The van der Waals surface area contributed by atoms with Crippen molar-refractivity contribution in [2.45, 2.75) is 91.5 Å². The lowest BCUT2D eigenvalue weighted by atomic mass is 9.80. The zero-order chi connectivity index (χ0) is 23.7. The SMILES string of the molecule is CCC[C@H](C(N)=O)[C@@H](CC(C)C)C(=O)N1CCCCC1CCNc1ccc(C(C)C)cc1. The molecule has 1 aliphatic rings. The number of nitrogens with zero attached hydrogens (tertiary/aromatic N) is 1. The van der Waals surface area contributed by atoms with Crippen molar-refractivity contribution in [1.29, 1.82) is 0 Å². The minimum atomic E-state index is -0.366. The average molecular weight is 444 g/mol. The molecule has 0 aliphatic carbocycles. The third-order valence-electron chi connectivity index (χ3n) is 6.79. The van der Waals surface area contributed by atoms with Gasteiger partial charge in [-0.05, 0) is 68.1 Å². The Bertz CT molecular complexity index is 714. The van der Waals surface area contributed by atoms with E-state index >= 15 is 0 Å². The summed E-state index contributed by atoms with van der Waals surface area (Å²) in [6.45, 7) is 12.3. The predicted octanol–water partition coefficient (Wildman–Crippen LogP) is 5.56. The lowest BCUT2D eigenvalue weighted by Gasteiger charge is -2.39. The molecule has 0 saturated carbocycles. The van der Waals surface area contributed by atoms with Gasteiger partial charge in [-0.15, -0.1) is 0 Å². The van der Waals surface area contributed by atoms with Crippen LogP contribution in [0.25, 0.3) is 0 Å². The molecule has 2 rings (SSSR count). The van der Waals surface area contributed by atoms with E-state index in [2.05, 4.69) is 69.1 Å². The van der Waals surface area contributed by atoms with Crippen LogP contribution < -0.4 is 11.1 Å². The fraction of sp³-hybridized carbons (Fsp3) is 0.704. The molecule has 5 heteroatoms. The van der Waals surface area contributed by atoms with Crippen LogP contribution in [-0.4, -0.2) is 35.8 Å². The van der Waals surface area contributed by atoms with Gasteiger partial charge in [-0.2, -0.15) is 0 Å². The number of hydrogen-bond donors (Lipinski definition) is 2. The van der Waals surface area contributed by atoms with Gasteiger partial charge in [0.15, 0.2) is 0 Å². The lowest BCUT2D eigenvalue weighted by Crippen LogP contribution is -2.50. The zero-order valence-electron chi connectivity index (χ0n) is 20.9. The molecule has 32 heavy (non-hydrogen) atoms. The molecule has 1 aromatic rings. The number of likely N-dealkylation sites (tertiary alicyclic amines) is 1. The van der Waals surface area contributed by atoms with Crippen molar-refractivity contribution in [3.05, 3.63) is 29.8 Å². The van der Waals surface area contributed by atoms with Gasteiger partial charge in [0.25, 0.3) is 0 Å². The highest BCUT2D eigenvalue weighted by Crippen LogP contribution is 2.30. The van der Waals surface area contributed by atoms with Crippen molar-refractivity contribution in [2.24, 2.45) is 23.5 Å². The molecule has 1 aromatic carbocycles. The highest BCUT2D eigenvalue weighted by molar-refractivity contribution is 5.87. The monoisotopic (exact) mass is 443 g/mol. The van der Waals surface area contributed by atoms with E-state index in [0.29, 0.717) is 18.3 Å². The molecule has 0 spiro atoms. The fourth-order valence-corrected chi connectivity index (χ4v) is 4.97. The summed E-state index contributed by atoms with van der Waals surface area (Å²) in [6.07, 6.45) is 6.40. The summed E-state index contributed by atoms with van der Waals surface area (Å²) in [5.74, 6) is 0.0236. The van der Waals surface area contributed by atoms with Gasteiger partial charge in [0.1, 0.15) is 0 Å². The van der Waals surface area contributed by atoms with Gasteiger partial charge >= 0.3 is 0 Å². The van der Waals surface area contributed by atoms with Crippen molar-refractivity contribution in [2.75, 3.05) is 18.4 Å². The largest absolute Gasteiger partial charge is 0.385 e. The van der Waals surface area contributed by atoms with Crippen LogP contribution in [0, 0.1) is 17.8 Å². The summed E-state index contributed by atoms with van der Waals surface area (Å²) >= 11 is 0.